The predicted molar refractivity (Wildman–Crippen MR) is 84.8 cm³/mol. The first-order valence-electron chi connectivity index (χ1n) is 7.91. The van der Waals surface area contributed by atoms with Gasteiger partial charge in [-0.2, -0.15) is 0 Å². The molecule has 0 radical (unpaired) electrons. The molecular formula is C17H19N3O. The van der Waals surface area contributed by atoms with Crippen molar-refractivity contribution in [1.29, 1.82) is 0 Å². The zero-order valence-corrected chi connectivity index (χ0v) is 12.1. The molecule has 0 bridgehead atoms. The van der Waals surface area contributed by atoms with Gasteiger partial charge in [-0.05, 0) is 41.7 Å². The van der Waals surface area contributed by atoms with Crippen molar-refractivity contribution < 1.29 is 7.54 Å². The zero-order chi connectivity index (χ0) is 16.7. The Hall–Kier alpha value is -2.36. The van der Waals surface area contributed by atoms with Gasteiger partial charge < -0.3 is 10.6 Å². The Kier molecular flexibility index (Phi) is 2.80. The van der Waals surface area contributed by atoms with E-state index in [1.54, 1.807) is 24.4 Å². The number of carbonyl (C=O) groups excluding carboxylic acids is 1. The molecule has 4 nitrogen and oxygen atoms in total. The van der Waals surface area contributed by atoms with Crippen LogP contribution < -0.4 is 10.6 Å². The molecule has 1 aromatic heterocycles. The highest BCUT2D eigenvalue weighted by atomic mass is 16.1. The lowest BCUT2D eigenvalue weighted by Gasteiger charge is -2.33. The van der Waals surface area contributed by atoms with E-state index in [0.717, 1.165) is 11.3 Å². The summed E-state index contributed by atoms with van der Waals surface area (Å²) < 4.78 is 16.0. The first-order valence-corrected chi connectivity index (χ1v) is 6.91. The minimum absolute atomic E-state index is 0.240. The van der Waals surface area contributed by atoms with Crippen LogP contribution >= 0.6 is 0 Å². The summed E-state index contributed by atoms with van der Waals surface area (Å²) in [5, 5.41) is 5.74. The maximum atomic E-state index is 12.2. The minimum atomic E-state index is -1.47. The molecule has 2 N–H and O–H groups in total. The smallest absolute Gasteiger partial charge is 0.257 e. The van der Waals surface area contributed by atoms with Crippen LogP contribution in [0.3, 0.4) is 0 Å². The summed E-state index contributed by atoms with van der Waals surface area (Å²) in [6.45, 7) is 2.58. The van der Waals surface area contributed by atoms with Gasteiger partial charge in [0, 0.05) is 33.0 Å². The third-order valence-electron chi connectivity index (χ3n) is 3.68. The fourth-order valence-corrected chi connectivity index (χ4v) is 2.47. The van der Waals surface area contributed by atoms with Crippen molar-refractivity contribution in [3.8, 4) is 0 Å². The molecule has 0 atom stereocenters. The predicted octanol–water partition coefficient (Wildman–Crippen LogP) is 3.43. The number of hydrogen-bond acceptors (Lipinski definition) is 3. The molecule has 1 aliphatic heterocycles. The van der Waals surface area contributed by atoms with Crippen LogP contribution in [0.1, 0.15) is 38.9 Å². The Morgan fingerprint density at radius 2 is 2.29 bits per heavy atom. The molecule has 0 unspecified atom stereocenters. The Balaban J connectivity index is 1.88. The van der Waals surface area contributed by atoms with E-state index in [2.05, 4.69) is 15.6 Å². The Labute approximate surface area is 127 Å². The van der Waals surface area contributed by atoms with Gasteiger partial charge in [0.1, 0.15) is 0 Å². The number of rotatable bonds is 2. The molecule has 0 fully saturated rings. The number of nitrogens with one attached hydrogen (secondary N) is 2. The van der Waals surface area contributed by atoms with Crippen LogP contribution in [0.15, 0.2) is 42.7 Å². The molecule has 4 heteroatoms. The maximum Gasteiger partial charge on any atom is 0.257 e. The van der Waals surface area contributed by atoms with Crippen molar-refractivity contribution in [2.24, 2.45) is 0 Å². The summed E-state index contributed by atoms with van der Waals surface area (Å²) in [5.74, 6) is -0.240. The molecule has 0 saturated carbocycles. The number of hydrogen-bond donors (Lipinski definition) is 2. The Bertz CT molecular complexity index is 745. The SMILES string of the molecule is [2H]C1([2H])CC(C)(C)c2ccc(NC(=O)c3cccnc3)cc2N1. The third kappa shape index (κ3) is 2.75. The summed E-state index contributed by atoms with van der Waals surface area (Å²) in [5.41, 5.74) is 2.60. The molecule has 1 amide bonds. The van der Waals surface area contributed by atoms with E-state index < -0.39 is 6.50 Å². The Morgan fingerprint density at radius 3 is 3.05 bits per heavy atom. The molecule has 1 aromatic carbocycles. The second kappa shape index (κ2) is 5.20. The number of benzene rings is 1. The number of anilines is 2. The van der Waals surface area contributed by atoms with Gasteiger partial charge in [0.15, 0.2) is 0 Å². The second-order valence-electron chi connectivity index (χ2n) is 5.82. The molecule has 0 saturated heterocycles. The summed E-state index contributed by atoms with van der Waals surface area (Å²) in [6.07, 6.45) is 3.52. The molecule has 0 spiro atoms. The van der Waals surface area contributed by atoms with Crippen LogP contribution in [0.4, 0.5) is 11.4 Å². The quantitative estimate of drug-likeness (QED) is 0.888. The van der Waals surface area contributed by atoms with Gasteiger partial charge in [-0.1, -0.05) is 19.9 Å². The van der Waals surface area contributed by atoms with E-state index in [4.69, 9.17) is 2.74 Å². The monoisotopic (exact) mass is 283 g/mol. The standard InChI is InChI=1S/C17H19N3O/c1-17(2)7-9-19-15-10-13(5-6-14(15)17)20-16(21)12-4-3-8-18-11-12/h3-6,8,10-11,19H,7,9H2,1-2H3,(H,20,21)/i9D2. The van der Waals surface area contributed by atoms with Crippen LogP contribution in [0.25, 0.3) is 0 Å². The van der Waals surface area contributed by atoms with Crippen LogP contribution in [0.5, 0.6) is 0 Å². The highest BCUT2D eigenvalue weighted by Crippen LogP contribution is 2.37. The van der Waals surface area contributed by atoms with Crippen molar-refractivity contribution in [2.45, 2.75) is 25.7 Å². The van der Waals surface area contributed by atoms with Gasteiger partial charge in [0.25, 0.3) is 5.91 Å². The molecule has 0 aliphatic carbocycles. The van der Waals surface area contributed by atoms with Gasteiger partial charge in [-0.15, -0.1) is 0 Å². The van der Waals surface area contributed by atoms with Crippen molar-refractivity contribution in [1.82, 2.24) is 4.98 Å². The first kappa shape index (κ1) is 11.3. The molecule has 3 rings (SSSR count). The highest BCUT2D eigenvalue weighted by molar-refractivity contribution is 6.04. The first-order chi connectivity index (χ1) is 10.8. The summed E-state index contributed by atoms with van der Waals surface area (Å²) in [7, 11) is 0. The van der Waals surface area contributed by atoms with E-state index in [1.165, 1.54) is 6.20 Å². The van der Waals surface area contributed by atoms with Gasteiger partial charge in [-0.25, -0.2) is 0 Å². The van der Waals surface area contributed by atoms with E-state index in [0.29, 0.717) is 17.7 Å². The fourth-order valence-electron chi connectivity index (χ4n) is 2.47. The van der Waals surface area contributed by atoms with E-state index in [-0.39, 0.29) is 11.3 Å². The number of carbonyl (C=O) groups is 1. The molecular weight excluding hydrogens is 262 g/mol. The van der Waals surface area contributed by atoms with Gasteiger partial charge in [0.05, 0.1) is 5.56 Å². The number of nitrogens with zero attached hydrogens (tertiary/aromatic N) is 1. The molecule has 21 heavy (non-hydrogen) atoms. The van der Waals surface area contributed by atoms with Crippen LogP contribution in [0, 0.1) is 0 Å². The van der Waals surface area contributed by atoms with Gasteiger partial charge in [-0.3, -0.25) is 9.78 Å². The number of pyridine rings is 1. The number of fused-ring (bicyclic) bond motifs is 1. The van der Waals surface area contributed by atoms with Crippen molar-refractivity contribution in [3.63, 3.8) is 0 Å². The lowest BCUT2D eigenvalue weighted by Crippen LogP contribution is -2.28. The lowest BCUT2D eigenvalue weighted by molar-refractivity contribution is 0.102. The average molecular weight is 283 g/mol. The van der Waals surface area contributed by atoms with E-state index in [9.17, 15) is 4.79 Å². The number of aromatic nitrogens is 1. The maximum absolute atomic E-state index is 12.2. The highest BCUT2D eigenvalue weighted by Gasteiger charge is 2.27. The topological polar surface area (TPSA) is 54.0 Å². The number of amides is 1. The summed E-state index contributed by atoms with van der Waals surface area (Å²) in [6, 6.07) is 8.97. The molecule has 108 valence electrons. The van der Waals surface area contributed by atoms with Crippen LogP contribution in [-0.2, 0) is 5.41 Å². The fraction of sp³-hybridized carbons (Fsp3) is 0.294. The van der Waals surface area contributed by atoms with Crippen molar-refractivity contribution >= 4 is 17.3 Å². The molecule has 2 aromatic rings. The van der Waals surface area contributed by atoms with Gasteiger partial charge in [0.2, 0.25) is 0 Å². The Morgan fingerprint density at radius 1 is 1.43 bits per heavy atom. The second-order valence-corrected chi connectivity index (χ2v) is 5.82. The molecule has 1 aliphatic rings. The van der Waals surface area contributed by atoms with E-state index in [1.807, 2.05) is 26.0 Å². The summed E-state index contributed by atoms with van der Waals surface area (Å²) >= 11 is 0. The minimum Gasteiger partial charge on any atom is -0.385 e. The van der Waals surface area contributed by atoms with Crippen molar-refractivity contribution in [2.75, 3.05) is 17.1 Å². The largest absolute Gasteiger partial charge is 0.385 e. The average Bonchev–Trinajstić information content (AvgIpc) is 2.45. The van der Waals surface area contributed by atoms with Crippen LogP contribution in [-0.4, -0.2) is 17.4 Å². The third-order valence-corrected chi connectivity index (χ3v) is 3.68. The normalized spacial score (nSPS) is 19.5. The zero-order valence-electron chi connectivity index (χ0n) is 14.1. The molecule has 2 heterocycles. The van der Waals surface area contributed by atoms with Crippen LogP contribution in [0.2, 0.25) is 0 Å². The summed E-state index contributed by atoms with van der Waals surface area (Å²) in [4.78, 5) is 16.1. The van der Waals surface area contributed by atoms with Gasteiger partial charge >= 0.3 is 0 Å². The lowest BCUT2D eigenvalue weighted by atomic mass is 9.78. The van der Waals surface area contributed by atoms with E-state index >= 15 is 0 Å². The van der Waals surface area contributed by atoms with Crippen molar-refractivity contribution in [3.05, 3.63) is 53.9 Å².